The highest BCUT2D eigenvalue weighted by Gasteiger charge is 2.16. The molecule has 0 heterocycles. The van der Waals surface area contributed by atoms with E-state index in [-0.39, 0.29) is 4.91 Å². The minimum Gasteiger partial charge on any atom is -0.399 e. The van der Waals surface area contributed by atoms with Gasteiger partial charge in [-0.25, -0.2) is 0 Å². The quantitative estimate of drug-likeness (QED) is 0.575. The van der Waals surface area contributed by atoms with Crippen LogP contribution in [0.25, 0.3) is 0 Å². The van der Waals surface area contributed by atoms with Gasteiger partial charge >= 0.3 is 0 Å². The van der Waals surface area contributed by atoms with Crippen LogP contribution in [0, 0.1) is 0 Å². The van der Waals surface area contributed by atoms with Crippen LogP contribution in [0.5, 0.6) is 0 Å². The molecule has 18 heavy (non-hydrogen) atoms. The smallest absolute Gasteiger partial charge is 0.290 e. The fourth-order valence-electron chi connectivity index (χ4n) is 1.69. The Morgan fingerprint density at radius 1 is 1.11 bits per heavy atom. The van der Waals surface area contributed by atoms with Crippen LogP contribution < -0.4 is 11.1 Å². The van der Waals surface area contributed by atoms with Crippen LogP contribution in [-0.4, -0.2) is 13.0 Å². The van der Waals surface area contributed by atoms with Gasteiger partial charge in [0.1, 0.15) is 0 Å². The average molecular weight is 266 g/mol. The van der Waals surface area contributed by atoms with E-state index in [1.807, 2.05) is 12.1 Å². The molecular weight excluding hydrogens is 252 g/mol. The summed E-state index contributed by atoms with van der Waals surface area (Å²) in [6.07, 6.45) is 3.91. The van der Waals surface area contributed by atoms with Crippen molar-refractivity contribution in [2.75, 3.05) is 11.1 Å². The van der Waals surface area contributed by atoms with Crippen LogP contribution in [-0.2, 0) is 10.1 Å². The molecule has 1 aliphatic carbocycles. The highest BCUT2D eigenvalue weighted by molar-refractivity contribution is 7.89. The number of anilines is 2. The predicted molar refractivity (Wildman–Crippen MR) is 71.4 cm³/mol. The Labute approximate surface area is 106 Å². The van der Waals surface area contributed by atoms with Crippen LogP contribution in [0.15, 0.2) is 47.0 Å². The van der Waals surface area contributed by atoms with E-state index in [0.717, 1.165) is 11.4 Å². The second kappa shape index (κ2) is 4.83. The van der Waals surface area contributed by atoms with Crippen LogP contribution in [0.3, 0.4) is 0 Å². The third-order valence-corrected chi connectivity index (χ3v) is 3.66. The van der Waals surface area contributed by atoms with Gasteiger partial charge in [0.25, 0.3) is 10.1 Å². The van der Waals surface area contributed by atoms with Crippen molar-refractivity contribution in [1.29, 1.82) is 0 Å². The molecular formula is C12H14N2O3S. The topological polar surface area (TPSA) is 92.4 Å². The summed E-state index contributed by atoms with van der Waals surface area (Å²) in [5.41, 5.74) is 8.05. The first-order chi connectivity index (χ1) is 8.45. The number of hydrogen-bond acceptors (Lipinski definition) is 4. The van der Waals surface area contributed by atoms with Gasteiger partial charge in [-0.15, -0.1) is 0 Å². The number of nitrogens with two attached hydrogens (primary N) is 1. The maximum atomic E-state index is 10.9. The van der Waals surface area contributed by atoms with E-state index >= 15 is 0 Å². The lowest BCUT2D eigenvalue weighted by Gasteiger charge is -2.15. The number of nitrogen functional groups attached to an aromatic ring is 1. The SMILES string of the molecule is Nc1ccc(NC2=CC=C(S(=O)(=O)O)CC2)cc1. The molecule has 0 spiro atoms. The van der Waals surface area contributed by atoms with Crippen molar-refractivity contribution in [3.05, 3.63) is 47.0 Å². The molecule has 1 aromatic rings. The predicted octanol–water partition coefficient (Wildman–Crippen LogP) is 2.13. The Kier molecular flexibility index (Phi) is 3.40. The Hall–Kier alpha value is -1.79. The zero-order valence-electron chi connectivity index (χ0n) is 9.63. The molecule has 0 atom stereocenters. The van der Waals surface area contributed by atoms with Gasteiger partial charge in [-0.2, -0.15) is 8.42 Å². The molecule has 0 bridgehead atoms. The third-order valence-electron chi connectivity index (χ3n) is 2.66. The second-order valence-electron chi connectivity index (χ2n) is 4.05. The first-order valence-electron chi connectivity index (χ1n) is 5.45. The number of hydrogen-bond donors (Lipinski definition) is 3. The molecule has 0 fully saturated rings. The van der Waals surface area contributed by atoms with E-state index in [9.17, 15) is 8.42 Å². The number of benzene rings is 1. The summed E-state index contributed by atoms with van der Waals surface area (Å²) in [4.78, 5) is 0.0466. The molecule has 0 saturated carbocycles. The highest BCUT2D eigenvalue weighted by Crippen LogP contribution is 2.23. The van der Waals surface area contributed by atoms with Gasteiger partial charge in [0.2, 0.25) is 0 Å². The molecule has 4 N–H and O–H groups in total. The van der Waals surface area contributed by atoms with Crippen LogP contribution in [0.1, 0.15) is 12.8 Å². The summed E-state index contributed by atoms with van der Waals surface area (Å²) < 4.78 is 30.7. The first-order valence-corrected chi connectivity index (χ1v) is 6.89. The minimum absolute atomic E-state index is 0.0466. The van der Waals surface area contributed by atoms with Gasteiger partial charge in [0.05, 0.1) is 4.91 Å². The van der Waals surface area contributed by atoms with Crippen LogP contribution in [0.2, 0.25) is 0 Å². The summed E-state index contributed by atoms with van der Waals surface area (Å²) in [5.74, 6) is 0. The van der Waals surface area contributed by atoms with Gasteiger partial charge in [-0.05, 0) is 49.3 Å². The van der Waals surface area contributed by atoms with E-state index in [1.54, 1.807) is 18.2 Å². The van der Waals surface area contributed by atoms with E-state index < -0.39 is 10.1 Å². The molecule has 0 amide bonds. The zero-order chi connectivity index (χ0) is 13.2. The third kappa shape index (κ3) is 3.12. The van der Waals surface area contributed by atoms with Crippen molar-refractivity contribution in [1.82, 2.24) is 0 Å². The summed E-state index contributed by atoms with van der Waals surface area (Å²) in [6, 6.07) is 7.26. The monoisotopic (exact) mass is 266 g/mol. The maximum absolute atomic E-state index is 10.9. The van der Waals surface area contributed by atoms with E-state index in [1.165, 1.54) is 6.08 Å². The van der Waals surface area contributed by atoms with Crippen LogP contribution in [0.4, 0.5) is 11.4 Å². The summed E-state index contributed by atoms with van der Waals surface area (Å²) >= 11 is 0. The van der Waals surface area contributed by atoms with Crippen LogP contribution >= 0.6 is 0 Å². The fourth-order valence-corrected chi connectivity index (χ4v) is 2.29. The molecule has 96 valence electrons. The standard InChI is InChI=1S/C12H14N2O3S/c13-9-1-3-10(4-2-9)14-11-5-7-12(8-6-11)18(15,16)17/h1-5,7,14H,6,8,13H2,(H,15,16,17). The number of allylic oxidation sites excluding steroid dienone is 4. The Balaban J connectivity index is 2.11. The van der Waals surface area contributed by atoms with Crippen molar-refractivity contribution in [2.45, 2.75) is 12.8 Å². The number of rotatable bonds is 3. The van der Waals surface area contributed by atoms with Gasteiger partial charge < -0.3 is 11.1 Å². The Morgan fingerprint density at radius 2 is 1.78 bits per heavy atom. The van der Waals surface area contributed by atoms with Gasteiger partial charge in [0.15, 0.2) is 0 Å². The highest BCUT2D eigenvalue weighted by atomic mass is 32.2. The molecule has 0 aromatic heterocycles. The van der Waals surface area contributed by atoms with Gasteiger partial charge in [-0.3, -0.25) is 4.55 Å². The van der Waals surface area contributed by atoms with Crippen molar-refractivity contribution in [2.24, 2.45) is 0 Å². The molecule has 0 unspecified atom stereocenters. The summed E-state index contributed by atoms with van der Waals surface area (Å²) in [6.45, 7) is 0. The summed E-state index contributed by atoms with van der Waals surface area (Å²) in [7, 11) is -4.06. The molecule has 0 aliphatic heterocycles. The lowest BCUT2D eigenvalue weighted by Crippen LogP contribution is -2.08. The molecule has 0 saturated heterocycles. The largest absolute Gasteiger partial charge is 0.399 e. The second-order valence-corrected chi connectivity index (χ2v) is 5.52. The normalized spacial score (nSPS) is 15.8. The minimum atomic E-state index is -4.06. The van der Waals surface area contributed by atoms with E-state index in [2.05, 4.69) is 5.32 Å². The Bertz CT molecular complexity index is 601. The lowest BCUT2D eigenvalue weighted by atomic mass is 10.1. The van der Waals surface area contributed by atoms with E-state index in [4.69, 9.17) is 10.3 Å². The van der Waals surface area contributed by atoms with Gasteiger partial charge in [-0.1, -0.05) is 0 Å². The lowest BCUT2D eigenvalue weighted by molar-refractivity contribution is 0.488. The molecule has 6 heteroatoms. The number of nitrogens with one attached hydrogen (secondary N) is 1. The first kappa shape index (κ1) is 12.7. The average Bonchev–Trinajstić information content (AvgIpc) is 2.32. The molecule has 5 nitrogen and oxygen atoms in total. The van der Waals surface area contributed by atoms with Crippen molar-refractivity contribution in [3.63, 3.8) is 0 Å². The Morgan fingerprint density at radius 3 is 2.28 bits per heavy atom. The molecule has 1 aromatic carbocycles. The van der Waals surface area contributed by atoms with E-state index in [0.29, 0.717) is 18.5 Å². The maximum Gasteiger partial charge on any atom is 0.290 e. The van der Waals surface area contributed by atoms with Crippen molar-refractivity contribution >= 4 is 21.5 Å². The molecule has 1 aliphatic rings. The van der Waals surface area contributed by atoms with Crippen molar-refractivity contribution < 1.29 is 13.0 Å². The zero-order valence-corrected chi connectivity index (χ0v) is 10.4. The van der Waals surface area contributed by atoms with Crippen molar-refractivity contribution in [3.8, 4) is 0 Å². The molecule has 0 radical (unpaired) electrons. The summed E-state index contributed by atoms with van der Waals surface area (Å²) in [5, 5.41) is 3.16. The van der Waals surface area contributed by atoms with Gasteiger partial charge in [0, 0.05) is 17.1 Å². The fraction of sp³-hybridized carbons (Fsp3) is 0.167. The molecule has 2 rings (SSSR count).